The number of methoxy groups -OCH3 is 1. The standard InChI is InChI=1S/C23H22N2O5/c1-14-4-10-19(11-5-14)25-21(26)20(15(2)24-25)13-18(22(27)28)12-16-6-8-17(9-7-16)23(29)30-3/h4-12,20H,13H2,1-3H3,(H,27,28). The molecule has 0 radical (unpaired) electrons. The van der Waals surface area contributed by atoms with E-state index in [1.807, 2.05) is 31.2 Å². The van der Waals surface area contributed by atoms with Crippen molar-refractivity contribution in [3.05, 3.63) is 70.8 Å². The minimum Gasteiger partial charge on any atom is -0.478 e. The van der Waals surface area contributed by atoms with Crippen LogP contribution in [0.3, 0.4) is 0 Å². The molecule has 0 spiro atoms. The predicted octanol–water partition coefficient (Wildman–Crippen LogP) is 3.68. The van der Waals surface area contributed by atoms with E-state index >= 15 is 0 Å². The average molecular weight is 406 g/mol. The molecule has 7 nitrogen and oxygen atoms in total. The minimum atomic E-state index is -1.11. The normalized spacial score (nSPS) is 16.4. The van der Waals surface area contributed by atoms with Gasteiger partial charge in [-0.15, -0.1) is 0 Å². The molecule has 7 heteroatoms. The van der Waals surface area contributed by atoms with Gasteiger partial charge in [0, 0.05) is 11.3 Å². The summed E-state index contributed by atoms with van der Waals surface area (Å²) in [6.07, 6.45) is 1.52. The minimum absolute atomic E-state index is 0.0185. The van der Waals surface area contributed by atoms with Crippen LogP contribution in [0, 0.1) is 12.8 Å². The van der Waals surface area contributed by atoms with E-state index in [1.165, 1.54) is 18.2 Å². The Kier molecular flexibility index (Phi) is 6.11. The predicted molar refractivity (Wildman–Crippen MR) is 113 cm³/mol. The van der Waals surface area contributed by atoms with E-state index in [0.29, 0.717) is 22.5 Å². The molecule has 30 heavy (non-hydrogen) atoms. The Morgan fingerprint density at radius 3 is 2.30 bits per heavy atom. The van der Waals surface area contributed by atoms with Crippen LogP contribution in [0.25, 0.3) is 6.08 Å². The number of anilines is 1. The molecule has 0 saturated heterocycles. The zero-order valence-electron chi connectivity index (χ0n) is 17.0. The molecule has 1 atom stereocenters. The van der Waals surface area contributed by atoms with Gasteiger partial charge in [0.1, 0.15) is 0 Å². The smallest absolute Gasteiger partial charge is 0.337 e. The first-order valence-electron chi connectivity index (χ1n) is 9.38. The van der Waals surface area contributed by atoms with E-state index in [9.17, 15) is 19.5 Å². The molecule has 0 aliphatic carbocycles. The number of carbonyl (C=O) groups excluding carboxylic acids is 2. The number of carboxylic acids is 1. The first kappa shape index (κ1) is 21.0. The first-order chi connectivity index (χ1) is 14.3. The molecule has 1 N–H and O–H groups in total. The number of aryl methyl sites for hydroxylation is 1. The highest BCUT2D eigenvalue weighted by Gasteiger charge is 2.35. The van der Waals surface area contributed by atoms with Crippen molar-refractivity contribution in [1.82, 2.24) is 0 Å². The molecule has 3 rings (SSSR count). The van der Waals surface area contributed by atoms with Gasteiger partial charge in [-0.1, -0.05) is 29.8 Å². The SMILES string of the molecule is COC(=O)c1ccc(C=C(CC2C(=O)N(c3ccc(C)cc3)N=C2C)C(=O)O)cc1. The van der Waals surface area contributed by atoms with E-state index in [1.54, 1.807) is 31.2 Å². The van der Waals surface area contributed by atoms with Crippen LogP contribution in [0.1, 0.15) is 34.8 Å². The molecule has 0 aromatic heterocycles. The van der Waals surface area contributed by atoms with E-state index in [2.05, 4.69) is 9.84 Å². The summed E-state index contributed by atoms with van der Waals surface area (Å²) in [5, 5.41) is 15.3. The van der Waals surface area contributed by atoms with Gasteiger partial charge >= 0.3 is 11.9 Å². The zero-order valence-corrected chi connectivity index (χ0v) is 17.0. The number of benzene rings is 2. The summed E-state index contributed by atoms with van der Waals surface area (Å²) >= 11 is 0. The highest BCUT2D eigenvalue weighted by molar-refractivity contribution is 6.15. The van der Waals surface area contributed by atoms with Crippen LogP contribution in [0.4, 0.5) is 5.69 Å². The van der Waals surface area contributed by atoms with Crippen LogP contribution < -0.4 is 5.01 Å². The van der Waals surface area contributed by atoms with Gasteiger partial charge < -0.3 is 9.84 Å². The Hall–Kier alpha value is -3.74. The quantitative estimate of drug-likeness (QED) is 0.583. The first-order valence-corrected chi connectivity index (χ1v) is 9.38. The number of aliphatic carboxylic acids is 1. The maximum atomic E-state index is 12.9. The number of carbonyl (C=O) groups is 3. The van der Waals surface area contributed by atoms with Gasteiger partial charge in [0.25, 0.3) is 5.91 Å². The lowest BCUT2D eigenvalue weighted by molar-refractivity contribution is -0.132. The lowest BCUT2D eigenvalue weighted by Crippen LogP contribution is -2.28. The number of hydrazone groups is 1. The van der Waals surface area contributed by atoms with E-state index in [-0.39, 0.29) is 17.9 Å². The van der Waals surface area contributed by atoms with E-state index in [0.717, 1.165) is 5.56 Å². The summed E-state index contributed by atoms with van der Waals surface area (Å²) in [5.74, 6) is -2.49. The fraction of sp³-hybridized carbons (Fsp3) is 0.217. The highest BCUT2D eigenvalue weighted by Crippen LogP contribution is 2.28. The topological polar surface area (TPSA) is 96.3 Å². The van der Waals surface area contributed by atoms with Crippen LogP contribution in [0.5, 0.6) is 0 Å². The molecule has 2 aromatic rings. The molecule has 2 aromatic carbocycles. The molecular weight excluding hydrogens is 384 g/mol. The summed E-state index contributed by atoms with van der Waals surface area (Å²) in [7, 11) is 1.29. The number of nitrogens with zero attached hydrogens (tertiary/aromatic N) is 2. The third kappa shape index (κ3) is 4.46. The van der Waals surface area contributed by atoms with Crippen molar-refractivity contribution in [1.29, 1.82) is 0 Å². The lowest BCUT2D eigenvalue weighted by atomic mass is 9.93. The number of esters is 1. The van der Waals surface area contributed by atoms with Crippen molar-refractivity contribution in [3.63, 3.8) is 0 Å². The summed E-state index contributed by atoms with van der Waals surface area (Å²) in [4.78, 5) is 36.2. The Labute approximate surface area is 174 Å². The van der Waals surface area contributed by atoms with Crippen molar-refractivity contribution < 1.29 is 24.2 Å². The average Bonchev–Trinajstić information content (AvgIpc) is 3.01. The van der Waals surface area contributed by atoms with E-state index in [4.69, 9.17) is 0 Å². The monoisotopic (exact) mass is 406 g/mol. The maximum Gasteiger partial charge on any atom is 0.337 e. The van der Waals surface area contributed by atoms with Crippen molar-refractivity contribution in [2.45, 2.75) is 20.3 Å². The van der Waals surface area contributed by atoms with Crippen LogP contribution in [0.2, 0.25) is 0 Å². The summed E-state index contributed by atoms with van der Waals surface area (Å²) in [5.41, 5.74) is 3.33. The van der Waals surface area contributed by atoms with Crippen LogP contribution in [-0.4, -0.2) is 35.8 Å². The molecule has 1 aliphatic heterocycles. The van der Waals surface area contributed by atoms with Crippen LogP contribution >= 0.6 is 0 Å². The molecule has 1 amide bonds. The molecule has 0 saturated carbocycles. The third-order valence-electron chi connectivity index (χ3n) is 4.92. The fourth-order valence-corrected chi connectivity index (χ4v) is 3.17. The van der Waals surface area contributed by atoms with Gasteiger partial charge in [-0.3, -0.25) is 4.79 Å². The van der Waals surface area contributed by atoms with E-state index < -0.39 is 17.9 Å². The molecule has 1 heterocycles. The number of rotatable bonds is 6. The lowest BCUT2D eigenvalue weighted by Gasteiger charge is -2.15. The summed E-state index contributed by atoms with van der Waals surface area (Å²) < 4.78 is 4.66. The summed E-state index contributed by atoms with van der Waals surface area (Å²) in [6, 6.07) is 13.8. The maximum absolute atomic E-state index is 12.9. The van der Waals surface area contributed by atoms with Crippen LogP contribution in [-0.2, 0) is 14.3 Å². The molecule has 154 valence electrons. The Morgan fingerprint density at radius 1 is 1.10 bits per heavy atom. The number of hydrogen-bond donors (Lipinski definition) is 1. The van der Waals surface area contributed by atoms with Gasteiger partial charge in [0.2, 0.25) is 0 Å². The van der Waals surface area contributed by atoms with Crippen molar-refractivity contribution >= 4 is 35.3 Å². The zero-order chi connectivity index (χ0) is 21.8. The van der Waals surface area contributed by atoms with Crippen molar-refractivity contribution in [3.8, 4) is 0 Å². The van der Waals surface area contributed by atoms with Gasteiger partial charge in [-0.25, -0.2) is 14.6 Å². The van der Waals surface area contributed by atoms with Gasteiger partial charge in [-0.2, -0.15) is 5.10 Å². The van der Waals surface area contributed by atoms with Gasteiger partial charge in [-0.05, 0) is 56.2 Å². The Morgan fingerprint density at radius 2 is 1.73 bits per heavy atom. The number of hydrogen-bond acceptors (Lipinski definition) is 5. The second-order valence-electron chi connectivity index (χ2n) is 7.07. The second-order valence-corrected chi connectivity index (χ2v) is 7.07. The molecule has 1 unspecified atom stereocenters. The Balaban J connectivity index is 1.81. The van der Waals surface area contributed by atoms with Crippen LogP contribution in [0.15, 0.2) is 59.2 Å². The van der Waals surface area contributed by atoms with Crippen molar-refractivity contribution in [2.24, 2.45) is 11.0 Å². The number of carboxylic acid groups (broad SMARTS) is 1. The third-order valence-corrected chi connectivity index (χ3v) is 4.92. The molecular formula is C23H22N2O5. The summed E-state index contributed by atoms with van der Waals surface area (Å²) in [6.45, 7) is 3.68. The Bertz CT molecular complexity index is 1040. The second kappa shape index (κ2) is 8.73. The van der Waals surface area contributed by atoms with Gasteiger partial charge in [0.05, 0.1) is 24.3 Å². The molecule has 0 bridgehead atoms. The van der Waals surface area contributed by atoms with Gasteiger partial charge in [0.15, 0.2) is 0 Å². The largest absolute Gasteiger partial charge is 0.478 e. The highest BCUT2D eigenvalue weighted by atomic mass is 16.5. The molecule has 1 aliphatic rings. The van der Waals surface area contributed by atoms with Crippen molar-refractivity contribution in [2.75, 3.05) is 12.1 Å². The fourth-order valence-electron chi connectivity index (χ4n) is 3.17. The molecule has 0 fully saturated rings. The number of ether oxygens (including phenoxy) is 1. The number of amides is 1.